The van der Waals surface area contributed by atoms with Crippen molar-refractivity contribution in [2.75, 3.05) is 18.4 Å². The van der Waals surface area contributed by atoms with Gasteiger partial charge in [-0.25, -0.2) is 4.79 Å². The molecule has 0 bridgehead atoms. The number of nitrogens with one attached hydrogen (secondary N) is 1. The van der Waals surface area contributed by atoms with Crippen molar-refractivity contribution >= 4 is 17.7 Å². The van der Waals surface area contributed by atoms with Crippen molar-refractivity contribution in [3.63, 3.8) is 0 Å². The van der Waals surface area contributed by atoms with Crippen LogP contribution in [0.25, 0.3) is 0 Å². The molecule has 1 aromatic rings. The van der Waals surface area contributed by atoms with Gasteiger partial charge < -0.3 is 15.3 Å². The molecule has 1 saturated heterocycles. The lowest BCUT2D eigenvalue weighted by molar-refractivity contribution is -0.187. The van der Waals surface area contributed by atoms with Gasteiger partial charge in [0.1, 0.15) is 0 Å². The fourth-order valence-corrected chi connectivity index (χ4v) is 3.14. The summed E-state index contributed by atoms with van der Waals surface area (Å²) in [5, 5.41) is 11.7. The quantitative estimate of drug-likeness (QED) is 0.865. The monoisotopic (exact) mass is 358 g/mol. The van der Waals surface area contributed by atoms with Crippen LogP contribution in [0.2, 0.25) is 0 Å². The van der Waals surface area contributed by atoms with Crippen LogP contribution in [0.4, 0.5) is 23.7 Å². The number of urea groups is 1. The topological polar surface area (TPSA) is 69.6 Å². The molecule has 0 spiro atoms. The number of carboxylic acids is 1. The Morgan fingerprint density at radius 3 is 2.16 bits per heavy atom. The van der Waals surface area contributed by atoms with Gasteiger partial charge in [0.2, 0.25) is 0 Å². The van der Waals surface area contributed by atoms with Crippen molar-refractivity contribution in [2.24, 2.45) is 11.8 Å². The van der Waals surface area contributed by atoms with Crippen molar-refractivity contribution < 1.29 is 27.9 Å². The Morgan fingerprint density at radius 2 is 1.76 bits per heavy atom. The smallest absolute Gasteiger partial charge is 0.394 e. The Balaban J connectivity index is 2.21. The maximum atomic E-state index is 13.1. The Labute approximate surface area is 143 Å². The molecule has 138 valence electrons. The Morgan fingerprint density at radius 1 is 1.20 bits per heavy atom. The van der Waals surface area contributed by atoms with Crippen LogP contribution in [-0.4, -0.2) is 41.3 Å². The van der Waals surface area contributed by atoms with Gasteiger partial charge in [-0.3, -0.25) is 4.79 Å². The van der Waals surface area contributed by atoms with E-state index in [1.807, 2.05) is 32.0 Å². The van der Waals surface area contributed by atoms with Gasteiger partial charge >= 0.3 is 18.2 Å². The summed E-state index contributed by atoms with van der Waals surface area (Å²) in [4.78, 5) is 24.5. The zero-order valence-electron chi connectivity index (χ0n) is 14.1. The number of benzene rings is 1. The highest BCUT2D eigenvalue weighted by molar-refractivity contribution is 5.92. The predicted octanol–water partition coefficient (Wildman–Crippen LogP) is 3.54. The zero-order chi connectivity index (χ0) is 18.8. The minimum atomic E-state index is -4.66. The standard InChI is InChI=1S/C17H21F3N2O3/c1-3-10-6-5-7-11(4-2)14(10)21-16(25)22-8-12(15(23)24)13(9-22)17(18,19)20/h5-7,12-13H,3-4,8-9H2,1-2H3,(H,21,25)(H,23,24)/t12-,13-/m1/s1. The zero-order valence-corrected chi connectivity index (χ0v) is 14.1. The van der Waals surface area contributed by atoms with Gasteiger partial charge in [-0.05, 0) is 24.0 Å². The van der Waals surface area contributed by atoms with E-state index in [1.54, 1.807) is 0 Å². The summed E-state index contributed by atoms with van der Waals surface area (Å²) in [6, 6.07) is 4.85. The Bertz CT molecular complexity index is 639. The van der Waals surface area contributed by atoms with Crippen molar-refractivity contribution in [3.8, 4) is 0 Å². The molecule has 0 aliphatic carbocycles. The molecule has 5 nitrogen and oxygen atoms in total. The third kappa shape index (κ3) is 4.05. The summed E-state index contributed by atoms with van der Waals surface area (Å²) >= 11 is 0. The number of alkyl halides is 3. The van der Waals surface area contributed by atoms with E-state index in [9.17, 15) is 22.8 Å². The van der Waals surface area contributed by atoms with Crippen molar-refractivity contribution in [3.05, 3.63) is 29.3 Å². The van der Waals surface area contributed by atoms with E-state index < -0.39 is 43.1 Å². The molecule has 2 amide bonds. The summed E-state index contributed by atoms with van der Waals surface area (Å²) in [5.74, 6) is -5.23. The first-order valence-corrected chi connectivity index (χ1v) is 8.15. The van der Waals surface area contributed by atoms with Gasteiger partial charge in [0.15, 0.2) is 0 Å². The normalized spacial score (nSPS) is 20.6. The van der Waals surface area contributed by atoms with Gasteiger partial charge in [0.05, 0.1) is 11.8 Å². The molecular formula is C17H21F3N2O3. The van der Waals surface area contributed by atoms with Gasteiger partial charge in [0.25, 0.3) is 0 Å². The minimum absolute atomic E-state index is 0.457. The number of carbonyl (C=O) groups excluding carboxylic acids is 1. The number of nitrogens with zero attached hydrogens (tertiary/aromatic N) is 1. The van der Waals surface area contributed by atoms with Crippen LogP contribution >= 0.6 is 0 Å². The van der Waals surface area contributed by atoms with E-state index in [1.165, 1.54) is 0 Å². The van der Waals surface area contributed by atoms with Gasteiger partial charge in [-0.1, -0.05) is 32.0 Å². The number of aliphatic carboxylic acids is 1. The first-order valence-electron chi connectivity index (χ1n) is 8.15. The number of carboxylic acid groups (broad SMARTS) is 1. The molecule has 8 heteroatoms. The van der Waals surface area contributed by atoms with Crippen LogP contribution in [0.1, 0.15) is 25.0 Å². The highest BCUT2D eigenvalue weighted by Gasteiger charge is 2.53. The molecule has 1 fully saturated rings. The number of rotatable bonds is 4. The van der Waals surface area contributed by atoms with E-state index in [0.29, 0.717) is 18.5 Å². The fraction of sp³-hybridized carbons (Fsp3) is 0.529. The summed E-state index contributed by atoms with van der Waals surface area (Å²) in [5.41, 5.74) is 2.36. The number of likely N-dealkylation sites (tertiary alicyclic amines) is 1. The third-order valence-electron chi connectivity index (χ3n) is 4.58. The predicted molar refractivity (Wildman–Crippen MR) is 86.5 cm³/mol. The fourth-order valence-electron chi connectivity index (χ4n) is 3.14. The molecule has 1 aliphatic rings. The van der Waals surface area contributed by atoms with Crippen LogP contribution in [0, 0.1) is 11.8 Å². The number of aryl methyl sites for hydroxylation is 2. The van der Waals surface area contributed by atoms with E-state index in [4.69, 9.17) is 5.11 Å². The number of carbonyl (C=O) groups is 2. The van der Waals surface area contributed by atoms with E-state index in [0.717, 1.165) is 16.0 Å². The number of halogens is 3. The van der Waals surface area contributed by atoms with Crippen LogP contribution < -0.4 is 5.32 Å². The Hall–Kier alpha value is -2.25. The van der Waals surface area contributed by atoms with E-state index in [-0.39, 0.29) is 0 Å². The summed E-state index contributed by atoms with van der Waals surface area (Å²) in [7, 11) is 0. The average Bonchev–Trinajstić information content (AvgIpc) is 3.01. The maximum Gasteiger partial charge on any atom is 0.394 e. The van der Waals surface area contributed by atoms with Crippen LogP contribution in [0.3, 0.4) is 0 Å². The molecule has 2 atom stereocenters. The van der Waals surface area contributed by atoms with Crippen LogP contribution in [-0.2, 0) is 17.6 Å². The molecule has 1 aliphatic heterocycles. The van der Waals surface area contributed by atoms with Crippen LogP contribution in [0.15, 0.2) is 18.2 Å². The van der Waals surface area contributed by atoms with Crippen molar-refractivity contribution in [1.82, 2.24) is 4.90 Å². The lowest BCUT2D eigenvalue weighted by atomic mass is 9.96. The molecule has 1 aromatic carbocycles. The maximum absolute atomic E-state index is 13.1. The number of amides is 2. The second kappa shape index (κ2) is 7.33. The molecule has 25 heavy (non-hydrogen) atoms. The number of anilines is 1. The SMILES string of the molecule is CCc1cccc(CC)c1NC(=O)N1C[C@@H](C(F)(F)F)[C@H](C(=O)O)C1. The molecular weight excluding hydrogens is 337 g/mol. The van der Waals surface area contributed by atoms with Crippen molar-refractivity contribution in [1.29, 1.82) is 0 Å². The minimum Gasteiger partial charge on any atom is -0.481 e. The largest absolute Gasteiger partial charge is 0.481 e. The molecule has 0 saturated carbocycles. The third-order valence-corrected chi connectivity index (χ3v) is 4.58. The molecule has 2 N–H and O–H groups in total. The lowest BCUT2D eigenvalue weighted by Crippen LogP contribution is -2.35. The first-order chi connectivity index (χ1) is 11.7. The van der Waals surface area contributed by atoms with E-state index >= 15 is 0 Å². The molecule has 0 radical (unpaired) electrons. The molecule has 1 heterocycles. The lowest BCUT2D eigenvalue weighted by Gasteiger charge is -2.21. The highest BCUT2D eigenvalue weighted by atomic mass is 19.4. The number of para-hydroxylation sites is 1. The van der Waals surface area contributed by atoms with Crippen LogP contribution in [0.5, 0.6) is 0 Å². The molecule has 0 unspecified atom stereocenters. The number of hydrogen-bond donors (Lipinski definition) is 2. The Kier molecular flexibility index (Phi) is 5.59. The van der Waals surface area contributed by atoms with E-state index in [2.05, 4.69) is 5.32 Å². The average molecular weight is 358 g/mol. The second-order valence-corrected chi connectivity index (χ2v) is 6.09. The van der Waals surface area contributed by atoms with Gasteiger partial charge in [-0.15, -0.1) is 0 Å². The molecule has 2 rings (SSSR count). The highest BCUT2D eigenvalue weighted by Crippen LogP contribution is 2.38. The van der Waals surface area contributed by atoms with Gasteiger partial charge in [-0.2, -0.15) is 13.2 Å². The number of hydrogen-bond acceptors (Lipinski definition) is 2. The molecule has 0 aromatic heterocycles. The summed E-state index contributed by atoms with van der Waals surface area (Å²) in [6.07, 6.45) is -3.34. The summed E-state index contributed by atoms with van der Waals surface area (Å²) in [6.45, 7) is 2.73. The first kappa shape index (κ1) is 19.1. The van der Waals surface area contributed by atoms with Gasteiger partial charge in [0, 0.05) is 18.8 Å². The second-order valence-electron chi connectivity index (χ2n) is 6.09. The van der Waals surface area contributed by atoms with Crippen molar-refractivity contribution in [2.45, 2.75) is 32.9 Å². The summed E-state index contributed by atoms with van der Waals surface area (Å²) < 4.78 is 39.2.